The zero-order chi connectivity index (χ0) is 14.5. The molecule has 0 aliphatic carbocycles. The molecule has 20 heavy (non-hydrogen) atoms. The van der Waals surface area contributed by atoms with E-state index < -0.39 is 11.9 Å². The Balaban J connectivity index is 1.87. The molecule has 1 heterocycles. The van der Waals surface area contributed by atoms with E-state index in [0.717, 1.165) is 17.9 Å². The number of nitrogens with one attached hydrogen (secondary N) is 1. The Morgan fingerprint density at radius 1 is 1.30 bits per heavy atom. The second-order valence-electron chi connectivity index (χ2n) is 4.14. The molecule has 2 rings (SSSR count). The molecule has 0 saturated carbocycles. The summed E-state index contributed by atoms with van der Waals surface area (Å²) in [7, 11) is 0. The zero-order valence-corrected chi connectivity index (χ0v) is 10.4. The monoisotopic (exact) mass is 277 g/mol. The van der Waals surface area contributed by atoms with E-state index in [1.165, 1.54) is 12.1 Å². The Labute approximate surface area is 114 Å². The highest BCUT2D eigenvalue weighted by atomic mass is 19.1. The van der Waals surface area contributed by atoms with Gasteiger partial charge in [-0.3, -0.25) is 4.79 Å². The van der Waals surface area contributed by atoms with Gasteiger partial charge in [-0.15, -0.1) is 0 Å². The quantitative estimate of drug-likeness (QED) is 0.877. The van der Waals surface area contributed by atoms with Crippen molar-refractivity contribution in [1.82, 2.24) is 5.32 Å². The van der Waals surface area contributed by atoms with Crippen molar-refractivity contribution in [3.05, 3.63) is 59.3 Å². The number of hydrogen-bond donors (Lipinski definition) is 2. The first-order valence-electron chi connectivity index (χ1n) is 5.91. The van der Waals surface area contributed by atoms with Gasteiger partial charge >= 0.3 is 5.97 Å². The molecule has 0 atom stereocenters. The van der Waals surface area contributed by atoms with Crippen LogP contribution in [0.25, 0.3) is 0 Å². The lowest BCUT2D eigenvalue weighted by atomic mass is 10.1. The van der Waals surface area contributed by atoms with E-state index in [4.69, 9.17) is 9.52 Å². The topological polar surface area (TPSA) is 79.5 Å². The smallest absolute Gasteiger partial charge is 0.338 e. The summed E-state index contributed by atoms with van der Waals surface area (Å²) in [6.07, 6.45) is 1.47. The molecule has 0 unspecified atom stereocenters. The van der Waals surface area contributed by atoms with E-state index in [0.29, 0.717) is 13.0 Å². The van der Waals surface area contributed by atoms with Crippen molar-refractivity contribution < 1.29 is 23.5 Å². The van der Waals surface area contributed by atoms with Crippen LogP contribution in [0, 0.1) is 5.82 Å². The van der Waals surface area contributed by atoms with E-state index in [9.17, 15) is 14.0 Å². The van der Waals surface area contributed by atoms with Gasteiger partial charge in [-0.1, -0.05) is 12.1 Å². The Morgan fingerprint density at radius 3 is 2.75 bits per heavy atom. The number of furan rings is 1. The number of amides is 1. The van der Waals surface area contributed by atoms with Crippen LogP contribution < -0.4 is 5.32 Å². The maximum Gasteiger partial charge on any atom is 0.338 e. The predicted molar refractivity (Wildman–Crippen MR) is 68.1 cm³/mol. The largest absolute Gasteiger partial charge is 0.478 e. The summed E-state index contributed by atoms with van der Waals surface area (Å²) in [5, 5.41) is 11.3. The summed E-state index contributed by atoms with van der Waals surface area (Å²) in [4.78, 5) is 22.3. The molecule has 0 radical (unpaired) electrons. The van der Waals surface area contributed by atoms with Gasteiger partial charge in [0.05, 0.1) is 5.56 Å². The molecule has 1 aromatic carbocycles. The molecule has 2 aromatic rings. The maximum atomic E-state index is 12.9. The van der Waals surface area contributed by atoms with Crippen LogP contribution in [0.1, 0.15) is 26.5 Å². The third-order valence-corrected chi connectivity index (χ3v) is 2.66. The number of hydrogen-bond acceptors (Lipinski definition) is 3. The molecule has 1 amide bonds. The van der Waals surface area contributed by atoms with Crippen molar-refractivity contribution in [1.29, 1.82) is 0 Å². The van der Waals surface area contributed by atoms with Crippen LogP contribution in [0.2, 0.25) is 0 Å². The highest BCUT2D eigenvalue weighted by Crippen LogP contribution is 2.08. The van der Waals surface area contributed by atoms with Gasteiger partial charge in [0.1, 0.15) is 12.1 Å². The average Bonchev–Trinajstić information content (AvgIpc) is 2.88. The SMILES string of the molecule is O=C(O)c1coc(C(=O)NCCc2cccc(F)c2)c1. The van der Waals surface area contributed by atoms with Gasteiger partial charge in [0, 0.05) is 12.6 Å². The average molecular weight is 277 g/mol. The molecule has 0 aliphatic rings. The molecule has 104 valence electrons. The second-order valence-corrected chi connectivity index (χ2v) is 4.14. The normalized spacial score (nSPS) is 10.2. The summed E-state index contributed by atoms with van der Waals surface area (Å²) in [6, 6.07) is 7.24. The number of aromatic carboxylic acids is 1. The molecule has 0 spiro atoms. The van der Waals surface area contributed by atoms with Crippen LogP contribution in [0.3, 0.4) is 0 Å². The van der Waals surface area contributed by atoms with Gasteiger partial charge in [-0.05, 0) is 24.1 Å². The summed E-state index contributed by atoms with van der Waals surface area (Å²) in [6.45, 7) is 0.297. The highest BCUT2D eigenvalue weighted by molar-refractivity contribution is 5.95. The number of carbonyl (C=O) groups is 2. The van der Waals surface area contributed by atoms with Crippen LogP contribution in [-0.2, 0) is 6.42 Å². The lowest BCUT2D eigenvalue weighted by Gasteiger charge is -2.03. The molecule has 0 saturated heterocycles. The lowest BCUT2D eigenvalue weighted by Crippen LogP contribution is -2.25. The third-order valence-electron chi connectivity index (χ3n) is 2.66. The number of halogens is 1. The van der Waals surface area contributed by atoms with E-state index in [2.05, 4.69) is 5.32 Å². The van der Waals surface area contributed by atoms with Crippen molar-refractivity contribution in [2.75, 3.05) is 6.54 Å². The van der Waals surface area contributed by atoms with Gasteiger partial charge in [0.25, 0.3) is 5.91 Å². The van der Waals surface area contributed by atoms with Crippen LogP contribution in [0.5, 0.6) is 0 Å². The molecule has 6 heteroatoms. The minimum absolute atomic E-state index is 0.0679. The summed E-state index contributed by atoms with van der Waals surface area (Å²) < 4.78 is 17.8. The molecule has 0 bridgehead atoms. The third kappa shape index (κ3) is 3.44. The summed E-state index contributed by atoms with van der Waals surface area (Å²) in [5.41, 5.74) is 0.677. The molecule has 0 fully saturated rings. The van der Waals surface area contributed by atoms with E-state index in [1.807, 2.05) is 0 Å². The fourth-order valence-corrected chi connectivity index (χ4v) is 1.67. The van der Waals surface area contributed by atoms with Crippen molar-refractivity contribution in [2.45, 2.75) is 6.42 Å². The number of benzene rings is 1. The molecular weight excluding hydrogens is 265 g/mol. The highest BCUT2D eigenvalue weighted by Gasteiger charge is 2.14. The van der Waals surface area contributed by atoms with Crippen LogP contribution in [0.4, 0.5) is 4.39 Å². The van der Waals surface area contributed by atoms with Crippen molar-refractivity contribution >= 4 is 11.9 Å². The van der Waals surface area contributed by atoms with E-state index in [-0.39, 0.29) is 17.1 Å². The van der Waals surface area contributed by atoms with Crippen molar-refractivity contribution in [2.24, 2.45) is 0 Å². The number of carboxylic acids is 1. The minimum atomic E-state index is -1.16. The van der Waals surface area contributed by atoms with Crippen molar-refractivity contribution in [3.63, 3.8) is 0 Å². The molecule has 1 aromatic heterocycles. The summed E-state index contributed by atoms with van der Waals surface area (Å²) >= 11 is 0. The second kappa shape index (κ2) is 6.01. The van der Waals surface area contributed by atoms with Gasteiger partial charge < -0.3 is 14.8 Å². The fourth-order valence-electron chi connectivity index (χ4n) is 1.67. The van der Waals surface area contributed by atoms with E-state index >= 15 is 0 Å². The van der Waals surface area contributed by atoms with Gasteiger partial charge in [0.15, 0.2) is 5.76 Å². The Hall–Kier alpha value is -2.63. The van der Waals surface area contributed by atoms with Crippen LogP contribution in [0.15, 0.2) is 41.0 Å². The van der Waals surface area contributed by atoms with Gasteiger partial charge in [-0.2, -0.15) is 0 Å². The van der Waals surface area contributed by atoms with Gasteiger partial charge in [0.2, 0.25) is 0 Å². The standard InChI is InChI=1S/C14H12FNO4/c15-11-3-1-2-9(6-11)4-5-16-13(17)12-7-10(8-20-12)14(18)19/h1-3,6-8H,4-5H2,(H,16,17)(H,18,19). The Kier molecular flexibility index (Phi) is 4.14. The van der Waals surface area contributed by atoms with Gasteiger partial charge in [-0.25, -0.2) is 9.18 Å². The Bertz CT molecular complexity index is 636. The Morgan fingerprint density at radius 2 is 2.10 bits per heavy atom. The first-order valence-corrected chi connectivity index (χ1v) is 5.91. The first-order chi connectivity index (χ1) is 9.56. The molecular formula is C14H12FNO4. The lowest BCUT2D eigenvalue weighted by molar-refractivity contribution is 0.0696. The summed E-state index contributed by atoms with van der Waals surface area (Å²) in [5.74, 6) is -2.06. The minimum Gasteiger partial charge on any atom is -0.478 e. The number of carboxylic acid groups (broad SMARTS) is 1. The first kappa shape index (κ1) is 13.8. The van der Waals surface area contributed by atoms with Crippen molar-refractivity contribution in [3.8, 4) is 0 Å². The molecule has 5 nitrogen and oxygen atoms in total. The fraction of sp³-hybridized carbons (Fsp3) is 0.143. The van der Waals surface area contributed by atoms with E-state index in [1.54, 1.807) is 12.1 Å². The number of rotatable bonds is 5. The van der Waals surface area contributed by atoms with Crippen LogP contribution in [-0.4, -0.2) is 23.5 Å². The van der Waals surface area contributed by atoms with Crippen LogP contribution >= 0.6 is 0 Å². The predicted octanol–water partition coefficient (Wildman–Crippen LogP) is 2.09. The molecule has 0 aliphatic heterocycles. The molecule has 2 N–H and O–H groups in total. The maximum absolute atomic E-state index is 12.9. The zero-order valence-electron chi connectivity index (χ0n) is 10.4. The number of carbonyl (C=O) groups excluding carboxylic acids is 1.